The highest BCUT2D eigenvalue weighted by atomic mass is 16.5. The average molecular weight is 367 g/mol. The van der Waals surface area contributed by atoms with Crippen LogP contribution in [0.1, 0.15) is 21.9 Å². The van der Waals surface area contributed by atoms with Crippen molar-refractivity contribution in [3.63, 3.8) is 0 Å². The quantitative estimate of drug-likeness (QED) is 0.491. The standard InChI is InChI=1S/C24H17NO3/c1-2-17-6-5-9-20(14-17)25-24(26)23-13-12-22(28-23)16-27-21-11-10-18-7-3-4-8-19(18)15-21/h1,3-15H,16H2,(H,25,26). The summed E-state index contributed by atoms with van der Waals surface area (Å²) in [7, 11) is 0. The van der Waals surface area contributed by atoms with Crippen molar-refractivity contribution in [2.75, 3.05) is 5.32 Å². The number of benzene rings is 3. The van der Waals surface area contributed by atoms with Gasteiger partial charge in [-0.3, -0.25) is 4.79 Å². The molecular formula is C24H17NO3. The predicted molar refractivity (Wildman–Crippen MR) is 109 cm³/mol. The Bertz CT molecular complexity index is 1180. The first-order valence-corrected chi connectivity index (χ1v) is 8.79. The summed E-state index contributed by atoms with van der Waals surface area (Å²) in [4.78, 5) is 12.4. The van der Waals surface area contributed by atoms with Gasteiger partial charge >= 0.3 is 0 Å². The van der Waals surface area contributed by atoms with Crippen LogP contribution < -0.4 is 10.1 Å². The first kappa shape index (κ1) is 17.4. The molecule has 136 valence electrons. The second kappa shape index (κ2) is 7.73. The highest BCUT2D eigenvalue weighted by Gasteiger charge is 2.12. The smallest absolute Gasteiger partial charge is 0.291 e. The van der Waals surface area contributed by atoms with E-state index in [1.807, 2.05) is 36.4 Å². The molecule has 0 spiro atoms. The molecule has 4 nitrogen and oxygen atoms in total. The second-order valence-corrected chi connectivity index (χ2v) is 6.24. The van der Waals surface area contributed by atoms with Gasteiger partial charge in [0, 0.05) is 11.3 Å². The molecule has 0 radical (unpaired) electrons. The van der Waals surface area contributed by atoms with Gasteiger partial charge in [-0.25, -0.2) is 0 Å². The van der Waals surface area contributed by atoms with Gasteiger partial charge in [0.25, 0.3) is 5.91 Å². The van der Waals surface area contributed by atoms with Crippen LogP contribution in [-0.2, 0) is 6.61 Å². The second-order valence-electron chi connectivity index (χ2n) is 6.24. The van der Waals surface area contributed by atoms with Gasteiger partial charge in [-0.15, -0.1) is 6.42 Å². The molecule has 0 atom stereocenters. The number of terminal acetylenes is 1. The SMILES string of the molecule is C#Cc1cccc(NC(=O)c2ccc(COc3ccc4ccccc4c3)o2)c1. The minimum atomic E-state index is -0.342. The summed E-state index contributed by atoms with van der Waals surface area (Å²) in [5.41, 5.74) is 1.31. The Kier molecular flexibility index (Phi) is 4.81. The molecule has 1 amide bonds. The number of hydrogen-bond acceptors (Lipinski definition) is 3. The van der Waals surface area contributed by atoms with Gasteiger partial charge in [-0.1, -0.05) is 42.3 Å². The molecule has 1 N–H and O–H groups in total. The zero-order chi connectivity index (χ0) is 19.3. The van der Waals surface area contributed by atoms with Crippen LogP contribution in [0.15, 0.2) is 83.3 Å². The van der Waals surface area contributed by atoms with Crippen LogP contribution in [0.4, 0.5) is 5.69 Å². The largest absolute Gasteiger partial charge is 0.486 e. The number of fused-ring (bicyclic) bond motifs is 1. The minimum absolute atomic E-state index is 0.211. The van der Waals surface area contributed by atoms with E-state index >= 15 is 0 Å². The maximum atomic E-state index is 12.4. The number of hydrogen-bond donors (Lipinski definition) is 1. The molecule has 0 unspecified atom stereocenters. The van der Waals surface area contributed by atoms with Crippen molar-refractivity contribution in [3.8, 4) is 18.1 Å². The molecule has 0 saturated heterocycles. The lowest BCUT2D eigenvalue weighted by Crippen LogP contribution is -2.10. The molecule has 4 rings (SSSR count). The summed E-state index contributed by atoms with van der Waals surface area (Å²) in [6, 6.07) is 24.4. The number of ether oxygens (including phenoxy) is 1. The van der Waals surface area contributed by atoms with E-state index in [1.54, 1.807) is 36.4 Å². The van der Waals surface area contributed by atoms with Crippen molar-refractivity contribution in [2.24, 2.45) is 0 Å². The molecule has 0 fully saturated rings. The molecule has 4 heteroatoms. The van der Waals surface area contributed by atoms with Crippen LogP contribution in [0.2, 0.25) is 0 Å². The summed E-state index contributed by atoms with van der Waals surface area (Å²) in [5.74, 6) is 3.71. The van der Waals surface area contributed by atoms with Gasteiger partial charge in [0.05, 0.1) is 0 Å². The number of nitrogens with one attached hydrogen (secondary N) is 1. The van der Waals surface area contributed by atoms with E-state index in [1.165, 1.54) is 0 Å². The van der Waals surface area contributed by atoms with Crippen LogP contribution in [0.5, 0.6) is 5.75 Å². The molecule has 3 aromatic carbocycles. The predicted octanol–water partition coefficient (Wildman–Crippen LogP) is 5.25. The van der Waals surface area contributed by atoms with Gasteiger partial charge in [-0.2, -0.15) is 0 Å². The van der Waals surface area contributed by atoms with E-state index in [2.05, 4.69) is 17.3 Å². The first-order valence-electron chi connectivity index (χ1n) is 8.79. The van der Waals surface area contributed by atoms with Crippen molar-refractivity contribution in [1.29, 1.82) is 0 Å². The van der Waals surface area contributed by atoms with E-state index in [9.17, 15) is 4.79 Å². The number of anilines is 1. The third-order valence-corrected chi connectivity index (χ3v) is 4.27. The number of carbonyl (C=O) groups is 1. The fourth-order valence-corrected chi connectivity index (χ4v) is 2.87. The van der Waals surface area contributed by atoms with E-state index in [-0.39, 0.29) is 18.3 Å². The molecule has 0 aliphatic rings. The monoisotopic (exact) mass is 367 g/mol. The van der Waals surface area contributed by atoms with Crippen molar-refractivity contribution < 1.29 is 13.9 Å². The number of amides is 1. The Morgan fingerprint density at radius 1 is 0.964 bits per heavy atom. The van der Waals surface area contributed by atoms with Crippen LogP contribution in [0.25, 0.3) is 10.8 Å². The first-order chi connectivity index (χ1) is 13.7. The van der Waals surface area contributed by atoms with Gasteiger partial charge in [0.2, 0.25) is 0 Å². The third kappa shape index (κ3) is 3.89. The van der Waals surface area contributed by atoms with E-state index < -0.39 is 0 Å². The van der Waals surface area contributed by atoms with Crippen molar-refractivity contribution in [1.82, 2.24) is 0 Å². The molecule has 0 aliphatic heterocycles. The number of rotatable bonds is 5. The molecule has 28 heavy (non-hydrogen) atoms. The van der Waals surface area contributed by atoms with Crippen LogP contribution in [0.3, 0.4) is 0 Å². The summed E-state index contributed by atoms with van der Waals surface area (Å²) in [6.45, 7) is 0.234. The topological polar surface area (TPSA) is 51.5 Å². The molecular weight excluding hydrogens is 350 g/mol. The average Bonchev–Trinajstić information content (AvgIpc) is 3.21. The Morgan fingerprint density at radius 3 is 2.68 bits per heavy atom. The van der Waals surface area contributed by atoms with Crippen LogP contribution >= 0.6 is 0 Å². The number of carbonyl (C=O) groups excluding carboxylic acids is 1. The lowest BCUT2D eigenvalue weighted by molar-refractivity contribution is 0.0992. The van der Waals surface area contributed by atoms with Crippen molar-refractivity contribution >= 4 is 22.4 Å². The zero-order valence-electron chi connectivity index (χ0n) is 15.0. The highest BCUT2D eigenvalue weighted by molar-refractivity contribution is 6.02. The Morgan fingerprint density at radius 2 is 1.82 bits per heavy atom. The molecule has 1 heterocycles. The van der Waals surface area contributed by atoms with Crippen molar-refractivity contribution in [2.45, 2.75) is 6.61 Å². The van der Waals surface area contributed by atoms with Crippen LogP contribution in [-0.4, -0.2) is 5.91 Å². The molecule has 0 saturated carbocycles. The summed E-state index contributed by atoms with van der Waals surface area (Å²) in [6.07, 6.45) is 5.38. The Balaban J connectivity index is 1.40. The zero-order valence-corrected chi connectivity index (χ0v) is 15.0. The van der Waals surface area contributed by atoms with Gasteiger partial charge in [-0.05, 0) is 53.2 Å². The van der Waals surface area contributed by atoms with Crippen molar-refractivity contribution in [3.05, 3.63) is 95.9 Å². The number of furan rings is 1. The lowest BCUT2D eigenvalue weighted by Gasteiger charge is -2.06. The van der Waals surface area contributed by atoms with Crippen LogP contribution in [0, 0.1) is 12.3 Å². The molecule has 0 aliphatic carbocycles. The minimum Gasteiger partial charge on any atom is -0.486 e. The van der Waals surface area contributed by atoms with Gasteiger partial charge in [0.1, 0.15) is 18.1 Å². The fraction of sp³-hybridized carbons (Fsp3) is 0.0417. The molecule has 0 bridgehead atoms. The normalized spacial score (nSPS) is 10.4. The molecule has 1 aromatic heterocycles. The Hall–Kier alpha value is -3.97. The Labute approximate surface area is 162 Å². The third-order valence-electron chi connectivity index (χ3n) is 4.27. The fourth-order valence-electron chi connectivity index (χ4n) is 2.87. The lowest BCUT2D eigenvalue weighted by atomic mass is 10.1. The van der Waals surface area contributed by atoms with Gasteiger partial charge in [0.15, 0.2) is 5.76 Å². The highest BCUT2D eigenvalue weighted by Crippen LogP contribution is 2.22. The van der Waals surface area contributed by atoms with Gasteiger partial charge < -0.3 is 14.5 Å². The van der Waals surface area contributed by atoms with E-state index in [0.29, 0.717) is 17.0 Å². The summed E-state index contributed by atoms with van der Waals surface area (Å²) < 4.78 is 11.4. The van der Waals surface area contributed by atoms with E-state index in [4.69, 9.17) is 15.6 Å². The molecule has 4 aromatic rings. The summed E-state index contributed by atoms with van der Waals surface area (Å²) in [5, 5.41) is 5.03. The maximum Gasteiger partial charge on any atom is 0.291 e. The maximum absolute atomic E-state index is 12.4. The summed E-state index contributed by atoms with van der Waals surface area (Å²) >= 11 is 0. The van der Waals surface area contributed by atoms with E-state index in [0.717, 1.165) is 16.5 Å².